The summed E-state index contributed by atoms with van der Waals surface area (Å²) in [4.78, 5) is 26.0. The number of carbonyl (C=O) groups is 2. The van der Waals surface area contributed by atoms with Crippen molar-refractivity contribution in [2.24, 2.45) is 22.1 Å². The zero-order valence-corrected chi connectivity index (χ0v) is 10.4. The summed E-state index contributed by atoms with van der Waals surface area (Å²) in [6, 6.07) is -0.784. The Balaban J connectivity index is 2.93. The van der Waals surface area contributed by atoms with Gasteiger partial charge in [0.15, 0.2) is 5.78 Å². The molecule has 2 amide bonds. The maximum atomic E-state index is 11.9. The second-order valence-corrected chi connectivity index (χ2v) is 4.71. The number of rotatable bonds is 3. The van der Waals surface area contributed by atoms with E-state index >= 15 is 0 Å². The first-order valence-electron chi connectivity index (χ1n) is 5.57. The normalized spacial score (nSPS) is 23.6. The van der Waals surface area contributed by atoms with Crippen molar-refractivity contribution in [3.8, 4) is 0 Å². The van der Waals surface area contributed by atoms with Crippen molar-refractivity contribution in [1.82, 2.24) is 0 Å². The fourth-order valence-electron chi connectivity index (χ4n) is 1.94. The second-order valence-electron chi connectivity index (χ2n) is 4.71. The highest BCUT2D eigenvalue weighted by Gasteiger charge is 2.38. The van der Waals surface area contributed by atoms with E-state index in [-0.39, 0.29) is 11.2 Å². The topological polar surface area (TPSA) is 81.8 Å². The lowest BCUT2D eigenvalue weighted by atomic mass is 9.71. The van der Waals surface area contributed by atoms with Gasteiger partial charge >= 0.3 is 6.03 Å². The Labute approximate surface area is 101 Å². The molecule has 17 heavy (non-hydrogen) atoms. The number of nitrogens with two attached hydrogens (primary N) is 1. The molecule has 94 valence electrons. The molecule has 0 aromatic heterocycles. The van der Waals surface area contributed by atoms with Crippen LogP contribution in [-0.4, -0.2) is 24.6 Å². The Hall–Kier alpha value is -1.65. The van der Waals surface area contributed by atoms with Crippen LogP contribution in [-0.2, 0) is 9.53 Å². The van der Waals surface area contributed by atoms with Crippen LogP contribution in [0.4, 0.5) is 4.79 Å². The predicted molar refractivity (Wildman–Crippen MR) is 64.7 cm³/mol. The van der Waals surface area contributed by atoms with Crippen LogP contribution < -0.4 is 5.73 Å². The molecule has 0 aliphatic heterocycles. The number of primary amides is 1. The number of ether oxygens (including phenoxy) is 1. The summed E-state index contributed by atoms with van der Waals surface area (Å²) in [5.41, 5.74) is 4.61. The van der Waals surface area contributed by atoms with Crippen molar-refractivity contribution in [1.29, 1.82) is 0 Å². The second kappa shape index (κ2) is 5.12. The first-order chi connectivity index (χ1) is 7.86. The maximum Gasteiger partial charge on any atom is 0.337 e. The van der Waals surface area contributed by atoms with Crippen LogP contribution in [0.1, 0.15) is 27.2 Å². The molecule has 2 N–H and O–H groups in total. The SMILES string of the molecule is CCOC1=CC(=O)C(C=NC(N)=O)C(C)(C)C1. The van der Waals surface area contributed by atoms with Crippen LogP contribution >= 0.6 is 0 Å². The molecule has 1 aliphatic rings. The highest BCUT2D eigenvalue weighted by molar-refractivity contribution is 6.05. The van der Waals surface area contributed by atoms with Gasteiger partial charge in [-0.1, -0.05) is 13.8 Å². The highest BCUT2D eigenvalue weighted by atomic mass is 16.5. The molecule has 0 radical (unpaired) electrons. The van der Waals surface area contributed by atoms with Crippen molar-refractivity contribution in [2.75, 3.05) is 6.61 Å². The van der Waals surface area contributed by atoms with E-state index in [2.05, 4.69) is 4.99 Å². The summed E-state index contributed by atoms with van der Waals surface area (Å²) in [6.45, 7) is 6.29. The zero-order chi connectivity index (χ0) is 13.1. The van der Waals surface area contributed by atoms with Gasteiger partial charge in [0.25, 0.3) is 0 Å². The summed E-state index contributed by atoms with van der Waals surface area (Å²) >= 11 is 0. The Kier molecular flexibility index (Phi) is 4.04. The first kappa shape index (κ1) is 13.4. The Morgan fingerprint density at radius 1 is 1.71 bits per heavy atom. The molecule has 1 aliphatic carbocycles. The maximum absolute atomic E-state index is 11.9. The highest BCUT2D eigenvalue weighted by Crippen LogP contribution is 2.38. The Morgan fingerprint density at radius 2 is 2.35 bits per heavy atom. The number of urea groups is 1. The van der Waals surface area contributed by atoms with E-state index in [1.807, 2.05) is 20.8 Å². The minimum atomic E-state index is -0.784. The molecule has 5 heteroatoms. The lowest BCUT2D eigenvalue weighted by molar-refractivity contribution is -0.120. The third-order valence-electron chi connectivity index (χ3n) is 2.76. The van der Waals surface area contributed by atoms with Gasteiger partial charge < -0.3 is 10.5 Å². The molecule has 0 saturated heterocycles. The molecule has 0 aromatic rings. The summed E-state index contributed by atoms with van der Waals surface area (Å²) < 4.78 is 5.37. The van der Waals surface area contributed by atoms with Gasteiger partial charge in [-0.05, 0) is 12.3 Å². The van der Waals surface area contributed by atoms with E-state index in [1.165, 1.54) is 12.3 Å². The number of hydrogen-bond acceptors (Lipinski definition) is 3. The molecular weight excluding hydrogens is 220 g/mol. The van der Waals surface area contributed by atoms with Gasteiger partial charge in [-0.2, -0.15) is 0 Å². The van der Waals surface area contributed by atoms with Gasteiger partial charge in [0.1, 0.15) is 5.76 Å². The number of nitrogens with zero attached hydrogens (tertiary/aromatic N) is 1. The average Bonchev–Trinajstić information content (AvgIpc) is 2.14. The Bertz CT molecular complexity index is 383. The van der Waals surface area contributed by atoms with Crippen LogP contribution in [0, 0.1) is 11.3 Å². The Morgan fingerprint density at radius 3 is 2.82 bits per heavy atom. The summed E-state index contributed by atoms with van der Waals surface area (Å²) in [5.74, 6) is 0.153. The molecule has 0 saturated carbocycles. The van der Waals surface area contributed by atoms with Crippen molar-refractivity contribution in [3.05, 3.63) is 11.8 Å². The van der Waals surface area contributed by atoms with E-state index in [0.29, 0.717) is 18.8 Å². The summed E-state index contributed by atoms with van der Waals surface area (Å²) in [6.07, 6.45) is 3.46. The summed E-state index contributed by atoms with van der Waals surface area (Å²) in [5, 5.41) is 0. The number of ketones is 1. The number of allylic oxidation sites excluding steroid dienone is 2. The van der Waals surface area contributed by atoms with E-state index < -0.39 is 11.9 Å². The minimum Gasteiger partial charge on any atom is -0.498 e. The van der Waals surface area contributed by atoms with Crippen molar-refractivity contribution in [3.63, 3.8) is 0 Å². The van der Waals surface area contributed by atoms with E-state index in [1.54, 1.807) is 0 Å². The molecule has 0 spiro atoms. The zero-order valence-electron chi connectivity index (χ0n) is 10.4. The molecule has 1 atom stereocenters. The molecule has 0 aromatic carbocycles. The number of hydrogen-bond donors (Lipinski definition) is 1. The molecule has 5 nitrogen and oxygen atoms in total. The van der Waals surface area contributed by atoms with Gasteiger partial charge in [0.2, 0.25) is 0 Å². The lowest BCUT2D eigenvalue weighted by Crippen LogP contribution is -2.36. The van der Waals surface area contributed by atoms with Gasteiger partial charge in [0, 0.05) is 18.7 Å². The number of aliphatic imine (C=N–C) groups is 1. The molecule has 0 bridgehead atoms. The standard InChI is InChI=1S/C12H18N2O3/c1-4-17-8-5-10(15)9(7-14-11(13)16)12(2,3)6-8/h5,7,9H,4,6H2,1-3H3,(H2,13,16). The van der Waals surface area contributed by atoms with Crippen molar-refractivity contribution < 1.29 is 14.3 Å². The van der Waals surface area contributed by atoms with Crippen molar-refractivity contribution >= 4 is 18.0 Å². The van der Waals surface area contributed by atoms with E-state index in [4.69, 9.17) is 10.5 Å². The van der Waals surface area contributed by atoms with Crippen LogP contribution in [0.2, 0.25) is 0 Å². The third-order valence-corrected chi connectivity index (χ3v) is 2.76. The van der Waals surface area contributed by atoms with E-state index in [9.17, 15) is 9.59 Å². The smallest absolute Gasteiger partial charge is 0.337 e. The quantitative estimate of drug-likeness (QED) is 0.759. The van der Waals surface area contributed by atoms with E-state index in [0.717, 1.165) is 0 Å². The van der Waals surface area contributed by atoms with Crippen molar-refractivity contribution in [2.45, 2.75) is 27.2 Å². The largest absolute Gasteiger partial charge is 0.498 e. The first-order valence-corrected chi connectivity index (χ1v) is 5.57. The van der Waals surface area contributed by atoms with Gasteiger partial charge in [-0.3, -0.25) is 4.79 Å². The van der Waals surface area contributed by atoms with Crippen LogP contribution in [0.5, 0.6) is 0 Å². The molecule has 1 rings (SSSR count). The number of carbonyl (C=O) groups excluding carboxylic acids is 2. The number of amides is 2. The average molecular weight is 238 g/mol. The molecule has 0 fully saturated rings. The minimum absolute atomic E-state index is 0.102. The molecular formula is C12H18N2O3. The van der Waals surface area contributed by atoms with Gasteiger partial charge in [0.05, 0.1) is 12.5 Å². The van der Waals surface area contributed by atoms with Crippen LogP contribution in [0.15, 0.2) is 16.8 Å². The van der Waals surface area contributed by atoms with Crippen LogP contribution in [0.3, 0.4) is 0 Å². The lowest BCUT2D eigenvalue weighted by Gasteiger charge is -2.34. The third kappa shape index (κ3) is 3.41. The predicted octanol–water partition coefficient (Wildman–Crippen LogP) is 1.67. The fourth-order valence-corrected chi connectivity index (χ4v) is 1.94. The molecule has 0 heterocycles. The summed E-state index contributed by atoms with van der Waals surface area (Å²) in [7, 11) is 0. The molecule has 1 unspecified atom stereocenters. The van der Waals surface area contributed by atoms with Gasteiger partial charge in [-0.25, -0.2) is 9.79 Å². The fraction of sp³-hybridized carbons (Fsp3) is 0.583. The van der Waals surface area contributed by atoms with Gasteiger partial charge in [-0.15, -0.1) is 0 Å². The monoisotopic (exact) mass is 238 g/mol. The van der Waals surface area contributed by atoms with Crippen LogP contribution in [0.25, 0.3) is 0 Å².